The van der Waals surface area contributed by atoms with Gasteiger partial charge in [0, 0.05) is 5.69 Å². The van der Waals surface area contributed by atoms with Crippen LogP contribution in [0.1, 0.15) is 24.1 Å². The summed E-state index contributed by atoms with van der Waals surface area (Å²) in [6.45, 7) is -1.10. The van der Waals surface area contributed by atoms with Gasteiger partial charge in [0.05, 0.1) is 12.1 Å². The lowest BCUT2D eigenvalue weighted by Crippen LogP contribution is -2.40. The molecule has 3 aromatic rings. The highest BCUT2D eigenvalue weighted by molar-refractivity contribution is 5.94. The molecule has 0 saturated heterocycles. The van der Waals surface area contributed by atoms with Crippen LogP contribution in [-0.4, -0.2) is 18.6 Å². The lowest BCUT2D eigenvalue weighted by Gasteiger charge is -2.24. The molecule has 0 heterocycles. The van der Waals surface area contributed by atoms with Gasteiger partial charge in [-0.05, 0) is 42.3 Å². The van der Waals surface area contributed by atoms with Crippen LogP contribution in [0.2, 0.25) is 0 Å². The second-order valence-electron chi connectivity index (χ2n) is 6.53. The SMILES string of the molecule is CC(NC(c1ccccc1)c1ccccc1)C(=O)Nc1ccc(OC(F)F)cc1. The van der Waals surface area contributed by atoms with E-state index in [2.05, 4.69) is 15.4 Å². The van der Waals surface area contributed by atoms with Crippen LogP contribution in [0.25, 0.3) is 0 Å². The second kappa shape index (κ2) is 9.80. The lowest BCUT2D eigenvalue weighted by atomic mass is 9.98. The molecule has 3 aromatic carbocycles. The van der Waals surface area contributed by atoms with E-state index in [0.29, 0.717) is 5.69 Å². The van der Waals surface area contributed by atoms with Crippen molar-refractivity contribution >= 4 is 11.6 Å². The standard InChI is InChI=1S/C23H22F2N2O2/c1-16(22(28)27-19-12-14-20(15-13-19)29-23(24)25)26-21(17-8-4-2-5-9-17)18-10-6-3-7-11-18/h2-16,21,23,26H,1H3,(H,27,28). The van der Waals surface area contributed by atoms with E-state index < -0.39 is 12.7 Å². The molecule has 6 heteroatoms. The Balaban J connectivity index is 1.69. The number of alkyl halides is 2. The molecule has 3 rings (SSSR count). The number of anilines is 1. The summed E-state index contributed by atoms with van der Waals surface area (Å²) in [6.07, 6.45) is 0. The molecule has 0 radical (unpaired) electrons. The third-order valence-corrected chi connectivity index (χ3v) is 4.42. The van der Waals surface area contributed by atoms with Gasteiger partial charge in [-0.1, -0.05) is 60.7 Å². The fourth-order valence-electron chi connectivity index (χ4n) is 2.97. The Morgan fingerprint density at radius 3 is 1.83 bits per heavy atom. The molecule has 2 N–H and O–H groups in total. The van der Waals surface area contributed by atoms with Crippen LogP contribution in [0.15, 0.2) is 84.9 Å². The molecule has 1 unspecified atom stereocenters. The minimum absolute atomic E-state index is 0.0393. The summed E-state index contributed by atoms with van der Waals surface area (Å²) < 4.78 is 28.8. The first-order chi connectivity index (χ1) is 14.0. The Bertz CT molecular complexity index is 864. The zero-order valence-electron chi connectivity index (χ0n) is 15.9. The van der Waals surface area contributed by atoms with E-state index in [1.165, 1.54) is 24.3 Å². The Morgan fingerprint density at radius 1 is 0.828 bits per heavy atom. The largest absolute Gasteiger partial charge is 0.435 e. The molecule has 150 valence electrons. The van der Waals surface area contributed by atoms with E-state index >= 15 is 0 Å². The predicted molar refractivity (Wildman–Crippen MR) is 109 cm³/mol. The average molecular weight is 396 g/mol. The molecule has 0 aliphatic heterocycles. The predicted octanol–water partition coefficient (Wildman–Crippen LogP) is 4.99. The van der Waals surface area contributed by atoms with Gasteiger partial charge in [-0.3, -0.25) is 10.1 Å². The van der Waals surface area contributed by atoms with Crippen molar-refractivity contribution in [1.82, 2.24) is 5.32 Å². The molecule has 4 nitrogen and oxygen atoms in total. The first-order valence-corrected chi connectivity index (χ1v) is 9.24. The first kappa shape index (κ1) is 20.5. The zero-order chi connectivity index (χ0) is 20.6. The Kier molecular flexibility index (Phi) is 6.92. The first-order valence-electron chi connectivity index (χ1n) is 9.24. The van der Waals surface area contributed by atoms with Gasteiger partial charge in [0.1, 0.15) is 5.75 Å². The van der Waals surface area contributed by atoms with Crippen LogP contribution in [0.5, 0.6) is 5.75 Å². The smallest absolute Gasteiger partial charge is 0.387 e. The minimum Gasteiger partial charge on any atom is -0.435 e. The molecule has 1 atom stereocenters. The maximum absolute atomic E-state index is 12.6. The molecule has 0 spiro atoms. The Morgan fingerprint density at radius 2 is 1.34 bits per heavy atom. The van der Waals surface area contributed by atoms with E-state index in [0.717, 1.165) is 11.1 Å². The number of carbonyl (C=O) groups excluding carboxylic acids is 1. The third-order valence-electron chi connectivity index (χ3n) is 4.42. The number of ether oxygens (including phenoxy) is 1. The molecule has 29 heavy (non-hydrogen) atoms. The quantitative estimate of drug-likeness (QED) is 0.564. The number of nitrogens with one attached hydrogen (secondary N) is 2. The second-order valence-corrected chi connectivity index (χ2v) is 6.53. The summed E-state index contributed by atoms with van der Waals surface area (Å²) in [5.41, 5.74) is 2.60. The van der Waals surface area contributed by atoms with Gasteiger partial charge in [0.2, 0.25) is 5.91 Å². The van der Waals surface area contributed by atoms with Crippen molar-refractivity contribution < 1.29 is 18.3 Å². The maximum Gasteiger partial charge on any atom is 0.387 e. The summed E-state index contributed by atoms with van der Waals surface area (Å²) in [5, 5.41) is 6.16. The van der Waals surface area contributed by atoms with Crippen molar-refractivity contribution in [2.45, 2.75) is 25.6 Å². The van der Waals surface area contributed by atoms with Crippen LogP contribution in [0.3, 0.4) is 0 Å². The third kappa shape index (κ3) is 5.86. The maximum atomic E-state index is 12.6. The van der Waals surface area contributed by atoms with Gasteiger partial charge in [-0.25, -0.2) is 0 Å². The normalized spacial score (nSPS) is 12.0. The Labute approximate surface area is 168 Å². The summed E-state index contributed by atoms with van der Waals surface area (Å²) in [4.78, 5) is 12.6. The average Bonchev–Trinajstić information content (AvgIpc) is 2.74. The number of hydrogen-bond acceptors (Lipinski definition) is 3. The molecule has 0 fully saturated rings. The van der Waals surface area contributed by atoms with Crippen LogP contribution in [0, 0.1) is 0 Å². The molecular weight excluding hydrogens is 374 g/mol. The van der Waals surface area contributed by atoms with Crippen molar-refractivity contribution in [2.24, 2.45) is 0 Å². The van der Waals surface area contributed by atoms with Crippen molar-refractivity contribution in [3.63, 3.8) is 0 Å². The monoisotopic (exact) mass is 396 g/mol. The van der Waals surface area contributed by atoms with Crippen LogP contribution < -0.4 is 15.4 Å². The fraction of sp³-hybridized carbons (Fsp3) is 0.174. The van der Waals surface area contributed by atoms with Gasteiger partial charge in [0.15, 0.2) is 0 Å². The number of hydrogen-bond donors (Lipinski definition) is 2. The van der Waals surface area contributed by atoms with Crippen molar-refractivity contribution in [3.8, 4) is 5.75 Å². The van der Waals surface area contributed by atoms with E-state index in [-0.39, 0.29) is 17.7 Å². The molecule has 0 saturated carbocycles. The van der Waals surface area contributed by atoms with Crippen molar-refractivity contribution in [1.29, 1.82) is 0 Å². The summed E-state index contributed by atoms with van der Waals surface area (Å²) in [7, 11) is 0. The lowest BCUT2D eigenvalue weighted by molar-refractivity contribution is -0.117. The molecule has 0 aromatic heterocycles. The fourth-order valence-corrected chi connectivity index (χ4v) is 2.97. The highest BCUT2D eigenvalue weighted by Crippen LogP contribution is 2.23. The summed E-state index contributed by atoms with van der Waals surface area (Å²) >= 11 is 0. The molecular formula is C23H22F2N2O2. The zero-order valence-corrected chi connectivity index (χ0v) is 15.9. The number of carbonyl (C=O) groups is 1. The van der Waals surface area contributed by atoms with Gasteiger partial charge in [-0.2, -0.15) is 8.78 Å². The van der Waals surface area contributed by atoms with Crippen LogP contribution in [0.4, 0.5) is 14.5 Å². The van der Waals surface area contributed by atoms with Gasteiger partial charge < -0.3 is 10.1 Å². The van der Waals surface area contributed by atoms with Gasteiger partial charge in [-0.15, -0.1) is 0 Å². The van der Waals surface area contributed by atoms with Crippen molar-refractivity contribution in [2.75, 3.05) is 5.32 Å². The van der Waals surface area contributed by atoms with Crippen LogP contribution >= 0.6 is 0 Å². The topological polar surface area (TPSA) is 50.4 Å². The number of benzene rings is 3. The van der Waals surface area contributed by atoms with E-state index in [1.807, 2.05) is 60.7 Å². The highest BCUT2D eigenvalue weighted by atomic mass is 19.3. The van der Waals surface area contributed by atoms with Crippen molar-refractivity contribution in [3.05, 3.63) is 96.1 Å². The molecule has 0 aliphatic carbocycles. The van der Waals surface area contributed by atoms with Crippen LogP contribution in [-0.2, 0) is 4.79 Å². The van der Waals surface area contributed by atoms with E-state index in [1.54, 1.807) is 6.92 Å². The van der Waals surface area contributed by atoms with E-state index in [9.17, 15) is 13.6 Å². The molecule has 1 amide bonds. The highest BCUT2D eigenvalue weighted by Gasteiger charge is 2.20. The summed E-state index contributed by atoms with van der Waals surface area (Å²) in [5.74, 6) is -0.193. The van der Waals surface area contributed by atoms with E-state index in [4.69, 9.17) is 0 Å². The Hall–Kier alpha value is -3.25. The number of amides is 1. The molecule has 0 aliphatic rings. The number of halogens is 2. The van der Waals surface area contributed by atoms with Gasteiger partial charge in [0.25, 0.3) is 0 Å². The minimum atomic E-state index is -2.88. The summed E-state index contributed by atoms with van der Waals surface area (Å²) in [6, 6.07) is 24.9. The molecule has 0 bridgehead atoms. The van der Waals surface area contributed by atoms with Gasteiger partial charge >= 0.3 is 6.61 Å². The number of rotatable bonds is 8.